The Bertz CT molecular complexity index is 793. The van der Waals surface area contributed by atoms with E-state index in [0.717, 1.165) is 17.0 Å². The summed E-state index contributed by atoms with van der Waals surface area (Å²) in [5.41, 5.74) is 8.64. The van der Waals surface area contributed by atoms with Crippen LogP contribution in [0.1, 0.15) is 18.5 Å². The Balaban J connectivity index is 2.40. The van der Waals surface area contributed by atoms with Gasteiger partial charge in [0.2, 0.25) is 0 Å². The molecule has 1 aromatic heterocycles. The van der Waals surface area contributed by atoms with Gasteiger partial charge in [0, 0.05) is 29.3 Å². The van der Waals surface area contributed by atoms with Gasteiger partial charge in [-0.15, -0.1) is 0 Å². The molecule has 3 aromatic rings. The van der Waals surface area contributed by atoms with E-state index in [4.69, 9.17) is 5.73 Å². The van der Waals surface area contributed by atoms with E-state index in [-0.39, 0.29) is 6.04 Å². The summed E-state index contributed by atoms with van der Waals surface area (Å²) in [6.07, 6.45) is 1.66. The minimum Gasteiger partial charge on any atom is -0.324 e. The first kappa shape index (κ1) is 13.6. The van der Waals surface area contributed by atoms with Crippen LogP contribution in [0.15, 0.2) is 48.7 Å². The quantitative estimate of drug-likeness (QED) is 0.766. The van der Waals surface area contributed by atoms with Crippen molar-refractivity contribution in [2.24, 2.45) is 5.73 Å². The second-order valence-corrected chi connectivity index (χ2v) is 5.05. The molecule has 0 amide bonds. The van der Waals surface area contributed by atoms with E-state index in [1.807, 2.05) is 31.2 Å². The number of nitrogens with two attached hydrogens (primary N) is 1. The van der Waals surface area contributed by atoms with Gasteiger partial charge in [-0.25, -0.2) is 8.78 Å². The average molecular weight is 284 g/mol. The fraction of sp³-hybridized carbons (Fsp3) is 0.118. The van der Waals surface area contributed by atoms with Gasteiger partial charge in [0.1, 0.15) is 11.6 Å². The third kappa shape index (κ3) is 2.50. The first-order valence-corrected chi connectivity index (χ1v) is 6.66. The molecule has 1 unspecified atom stereocenters. The molecule has 4 heteroatoms. The van der Waals surface area contributed by atoms with Crippen molar-refractivity contribution in [3.8, 4) is 11.1 Å². The molecule has 2 aromatic carbocycles. The summed E-state index contributed by atoms with van der Waals surface area (Å²) < 4.78 is 27.1. The normalized spacial score (nSPS) is 12.6. The molecule has 0 bridgehead atoms. The number of aromatic nitrogens is 1. The molecule has 0 radical (unpaired) electrons. The zero-order chi connectivity index (χ0) is 15.0. The van der Waals surface area contributed by atoms with Crippen LogP contribution in [0.5, 0.6) is 0 Å². The molecule has 0 aliphatic carbocycles. The molecule has 106 valence electrons. The van der Waals surface area contributed by atoms with Gasteiger partial charge in [-0.05, 0) is 36.2 Å². The highest BCUT2D eigenvalue weighted by atomic mass is 19.1. The van der Waals surface area contributed by atoms with Crippen molar-refractivity contribution >= 4 is 10.9 Å². The summed E-state index contributed by atoms with van der Waals surface area (Å²) in [5, 5.41) is 0.904. The molecule has 0 spiro atoms. The molecule has 2 nitrogen and oxygen atoms in total. The Labute approximate surface area is 121 Å². The predicted octanol–water partition coefficient (Wildman–Crippen LogP) is 4.20. The summed E-state index contributed by atoms with van der Waals surface area (Å²) >= 11 is 0. The van der Waals surface area contributed by atoms with Gasteiger partial charge in [-0.3, -0.25) is 4.98 Å². The molecular formula is C17H14F2N2. The van der Waals surface area contributed by atoms with Gasteiger partial charge in [0.15, 0.2) is 0 Å². The molecule has 0 fully saturated rings. The van der Waals surface area contributed by atoms with Crippen molar-refractivity contribution in [2.45, 2.75) is 13.0 Å². The number of halogens is 2. The standard InChI is InChI=1S/C17H14F2N2/c1-10(20)15-5-4-11-3-2-6-21-17(11)16(15)12-7-13(18)9-14(19)8-12/h2-10H,20H2,1H3. The number of rotatable bonds is 2. The zero-order valence-electron chi connectivity index (χ0n) is 11.5. The summed E-state index contributed by atoms with van der Waals surface area (Å²) in [5.74, 6) is -1.23. The van der Waals surface area contributed by atoms with Gasteiger partial charge in [-0.1, -0.05) is 18.2 Å². The lowest BCUT2D eigenvalue weighted by molar-refractivity contribution is 0.584. The van der Waals surface area contributed by atoms with E-state index in [1.165, 1.54) is 12.1 Å². The fourth-order valence-corrected chi connectivity index (χ4v) is 2.54. The van der Waals surface area contributed by atoms with E-state index in [9.17, 15) is 8.78 Å². The van der Waals surface area contributed by atoms with Crippen LogP contribution >= 0.6 is 0 Å². The minimum absolute atomic E-state index is 0.266. The van der Waals surface area contributed by atoms with Crippen LogP contribution in [-0.2, 0) is 0 Å². The van der Waals surface area contributed by atoms with Crippen LogP contribution in [0.3, 0.4) is 0 Å². The summed E-state index contributed by atoms with van der Waals surface area (Å²) in [6.45, 7) is 1.84. The van der Waals surface area contributed by atoms with Crippen molar-refractivity contribution in [2.75, 3.05) is 0 Å². The van der Waals surface area contributed by atoms with Crippen LogP contribution < -0.4 is 5.73 Å². The number of pyridine rings is 1. The molecule has 0 aliphatic rings. The zero-order valence-corrected chi connectivity index (χ0v) is 11.5. The van der Waals surface area contributed by atoms with Gasteiger partial charge < -0.3 is 5.73 Å². The van der Waals surface area contributed by atoms with Crippen LogP contribution in [0, 0.1) is 11.6 Å². The monoisotopic (exact) mass is 284 g/mol. The lowest BCUT2D eigenvalue weighted by atomic mass is 9.93. The average Bonchev–Trinajstić information content (AvgIpc) is 2.44. The van der Waals surface area contributed by atoms with Crippen LogP contribution in [0.2, 0.25) is 0 Å². The number of nitrogens with zero attached hydrogens (tertiary/aromatic N) is 1. The molecular weight excluding hydrogens is 270 g/mol. The Kier molecular flexibility index (Phi) is 3.39. The summed E-state index contributed by atoms with van der Waals surface area (Å²) in [6, 6.07) is 10.7. The van der Waals surface area contributed by atoms with Crippen LogP contribution in [-0.4, -0.2) is 4.98 Å². The van der Waals surface area contributed by atoms with Gasteiger partial charge in [0.05, 0.1) is 5.52 Å². The number of benzene rings is 2. The maximum Gasteiger partial charge on any atom is 0.126 e. The van der Waals surface area contributed by atoms with E-state index in [1.54, 1.807) is 6.20 Å². The van der Waals surface area contributed by atoms with Crippen LogP contribution in [0.25, 0.3) is 22.0 Å². The Morgan fingerprint density at radius 1 is 1.05 bits per heavy atom. The summed E-state index contributed by atoms with van der Waals surface area (Å²) in [7, 11) is 0. The third-order valence-corrected chi connectivity index (χ3v) is 3.45. The van der Waals surface area contributed by atoms with Crippen molar-refractivity contribution in [3.05, 3.63) is 65.9 Å². The van der Waals surface area contributed by atoms with Gasteiger partial charge >= 0.3 is 0 Å². The number of hydrogen-bond acceptors (Lipinski definition) is 2. The largest absolute Gasteiger partial charge is 0.324 e. The van der Waals surface area contributed by atoms with Crippen molar-refractivity contribution in [3.63, 3.8) is 0 Å². The van der Waals surface area contributed by atoms with E-state index in [0.29, 0.717) is 16.6 Å². The maximum atomic E-state index is 13.6. The second kappa shape index (κ2) is 5.22. The first-order chi connectivity index (χ1) is 10.1. The van der Waals surface area contributed by atoms with Crippen molar-refractivity contribution in [1.82, 2.24) is 4.98 Å². The SMILES string of the molecule is CC(N)c1ccc2cccnc2c1-c1cc(F)cc(F)c1. The lowest BCUT2D eigenvalue weighted by Gasteiger charge is -2.15. The topological polar surface area (TPSA) is 38.9 Å². The Hall–Kier alpha value is -2.33. The molecule has 0 aliphatic heterocycles. The van der Waals surface area contributed by atoms with E-state index >= 15 is 0 Å². The Morgan fingerprint density at radius 2 is 1.76 bits per heavy atom. The highest BCUT2D eigenvalue weighted by Crippen LogP contribution is 2.34. The molecule has 0 saturated carbocycles. The fourth-order valence-electron chi connectivity index (χ4n) is 2.54. The number of fused-ring (bicyclic) bond motifs is 1. The minimum atomic E-state index is -0.617. The van der Waals surface area contributed by atoms with Crippen LogP contribution in [0.4, 0.5) is 8.78 Å². The summed E-state index contributed by atoms with van der Waals surface area (Å²) in [4.78, 5) is 4.36. The first-order valence-electron chi connectivity index (χ1n) is 6.66. The molecule has 3 rings (SSSR count). The van der Waals surface area contributed by atoms with E-state index < -0.39 is 11.6 Å². The lowest BCUT2D eigenvalue weighted by Crippen LogP contribution is -2.07. The third-order valence-electron chi connectivity index (χ3n) is 3.45. The molecule has 1 heterocycles. The molecule has 1 atom stereocenters. The molecule has 0 saturated heterocycles. The second-order valence-electron chi connectivity index (χ2n) is 5.05. The maximum absolute atomic E-state index is 13.6. The van der Waals surface area contributed by atoms with Gasteiger partial charge in [0.25, 0.3) is 0 Å². The highest BCUT2D eigenvalue weighted by Gasteiger charge is 2.15. The van der Waals surface area contributed by atoms with Crippen molar-refractivity contribution in [1.29, 1.82) is 0 Å². The highest BCUT2D eigenvalue weighted by molar-refractivity contribution is 5.95. The Morgan fingerprint density at radius 3 is 2.43 bits per heavy atom. The smallest absolute Gasteiger partial charge is 0.126 e. The van der Waals surface area contributed by atoms with Crippen molar-refractivity contribution < 1.29 is 8.78 Å². The van der Waals surface area contributed by atoms with Gasteiger partial charge in [-0.2, -0.15) is 0 Å². The predicted molar refractivity (Wildman–Crippen MR) is 79.7 cm³/mol. The molecule has 21 heavy (non-hydrogen) atoms. The molecule has 2 N–H and O–H groups in total. The van der Waals surface area contributed by atoms with E-state index in [2.05, 4.69) is 4.98 Å². The number of hydrogen-bond donors (Lipinski definition) is 1.